The number of hydrogen-bond donors (Lipinski definition) is 4. The molecule has 0 amide bonds. The second kappa shape index (κ2) is 9.61. The van der Waals surface area contributed by atoms with Gasteiger partial charge in [-0.3, -0.25) is 13.9 Å². The normalized spacial score (nSPS) is 13.2. The second-order valence-electron chi connectivity index (χ2n) is 8.39. The van der Waals surface area contributed by atoms with Crippen LogP contribution >= 0.6 is 37.8 Å². The van der Waals surface area contributed by atoms with Gasteiger partial charge in [0.1, 0.15) is 5.78 Å². The summed E-state index contributed by atoms with van der Waals surface area (Å²) in [4.78, 5) is 46.8. The predicted octanol–water partition coefficient (Wildman–Crippen LogP) is 4.16. The Morgan fingerprint density at radius 3 is 1.52 bits per heavy atom. The molecule has 4 N–H and O–H groups in total. The zero-order chi connectivity index (χ0) is 21.8. The summed E-state index contributed by atoms with van der Waals surface area (Å²) in [6.45, 7) is 9.99. The lowest BCUT2D eigenvalue weighted by atomic mass is 9.87. The molecule has 0 aliphatic rings. The largest absolute Gasteiger partial charge is 0.341 e. The van der Waals surface area contributed by atoms with Gasteiger partial charge in [-0.2, -0.15) is 0 Å². The van der Waals surface area contributed by atoms with Gasteiger partial charge in [-0.05, 0) is 45.7 Å². The summed E-state index contributed by atoms with van der Waals surface area (Å²) in [5, 5.41) is -1.94. The number of carbonyl (C=O) groups excluding carboxylic acids is 1. The number of hydrogen-bond acceptors (Lipinski definition) is 3. The highest BCUT2D eigenvalue weighted by molar-refractivity contribution is 14.1. The van der Waals surface area contributed by atoms with Gasteiger partial charge in [0.25, 0.3) is 0 Å². The van der Waals surface area contributed by atoms with Crippen LogP contribution in [0.3, 0.4) is 0 Å². The highest BCUT2D eigenvalue weighted by Crippen LogP contribution is 2.65. The molecule has 1 aromatic carbocycles. The Labute approximate surface area is 174 Å². The van der Waals surface area contributed by atoms with Crippen molar-refractivity contribution in [3.63, 3.8) is 0 Å². The average Bonchev–Trinajstić information content (AvgIpc) is 2.35. The fraction of sp³-hybridized carbons (Fsp3) is 0.588. The molecule has 0 aliphatic carbocycles. The molecule has 0 saturated carbocycles. The summed E-state index contributed by atoms with van der Waals surface area (Å²) in [7, 11) is -9.56. The van der Waals surface area contributed by atoms with Crippen molar-refractivity contribution in [2.75, 3.05) is 0 Å². The monoisotopic (exact) mass is 534 g/mol. The molecule has 1 rings (SSSR count). The van der Waals surface area contributed by atoms with Crippen molar-refractivity contribution in [1.29, 1.82) is 0 Å². The topological polar surface area (TPSA) is 132 Å². The number of benzene rings is 1. The van der Waals surface area contributed by atoms with Crippen LogP contribution in [0.1, 0.15) is 47.1 Å². The molecule has 0 bridgehead atoms. The van der Waals surface area contributed by atoms with Crippen LogP contribution in [0.25, 0.3) is 0 Å². The maximum absolute atomic E-state index is 11.7. The van der Waals surface area contributed by atoms with Gasteiger partial charge in [0.05, 0.1) is 0 Å². The van der Waals surface area contributed by atoms with E-state index in [2.05, 4.69) is 22.6 Å². The van der Waals surface area contributed by atoms with E-state index in [1.165, 1.54) is 24.3 Å². The maximum atomic E-state index is 11.7. The van der Waals surface area contributed by atoms with Gasteiger partial charge >= 0.3 is 15.2 Å². The lowest BCUT2D eigenvalue weighted by Crippen LogP contribution is -2.26. The van der Waals surface area contributed by atoms with Crippen molar-refractivity contribution in [2.24, 2.45) is 10.8 Å². The Hall–Kier alpha value is -0.0800. The minimum absolute atomic E-state index is 0.233. The molecular weight excluding hydrogens is 505 g/mol. The third-order valence-electron chi connectivity index (χ3n) is 3.53. The first kappa shape index (κ1) is 26.9. The molecule has 0 heterocycles. The third-order valence-corrected chi connectivity index (χ3v) is 8.87. The van der Waals surface area contributed by atoms with Crippen molar-refractivity contribution < 1.29 is 33.5 Å². The summed E-state index contributed by atoms with van der Waals surface area (Å²) in [6, 6.07) is 8.11. The highest BCUT2D eigenvalue weighted by Gasteiger charge is 2.50. The zero-order valence-electron chi connectivity index (χ0n) is 16.4. The van der Waals surface area contributed by atoms with Crippen molar-refractivity contribution in [1.82, 2.24) is 0 Å². The lowest BCUT2D eigenvalue weighted by molar-refractivity contribution is -0.125. The minimum atomic E-state index is -4.78. The van der Waals surface area contributed by atoms with Gasteiger partial charge in [-0.1, -0.05) is 53.7 Å². The average molecular weight is 534 g/mol. The van der Waals surface area contributed by atoms with E-state index in [0.29, 0.717) is 12.2 Å². The molecular formula is C17H29IO7P2. The molecule has 0 aromatic heterocycles. The van der Waals surface area contributed by atoms with Gasteiger partial charge in [0.15, 0.2) is 5.40 Å². The highest BCUT2D eigenvalue weighted by atomic mass is 127. The molecule has 156 valence electrons. The van der Waals surface area contributed by atoms with Gasteiger partial charge in [0, 0.05) is 15.4 Å². The summed E-state index contributed by atoms with van der Waals surface area (Å²) in [5.41, 5.74) is -0.272. The summed E-state index contributed by atoms with van der Waals surface area (Å²) >= 11 is 2.26. The first-order valence-corrected chi connectivity index (χ1v) is 12.6. The molecule has 0 unspecified atom stereocenters. The quantitative estimate of drug-likeness (QED) is 0.337. The maximum Gasteiger partial charge on any atom is 0.341 e. The number of carbonyl (C=O) groups is 1. The molecule has 0 spiro atoms. The molecule has 10 heteroatoms. The lowest BCUT2D eigenvalue weighted by Gasteiger charge is -2.31. The van der Waals surface area contributed by atoms with E-state index in [1.807, 2.05) is 45.0 Å². The van der Waals surface area contributed by atoms with Crippen LogP contribution in [-0.2, 0) is 20.3 Å². The van der Waals surface area contributed by atoms with Gasteiger partial charge in [-0.25, -0.2) is 0 Å². The molecule has 0 aliphatic heterocycles. The van der Waals surface area contributed by atoms with E-state index in [1.54, 1.807) is 0 Å². The van der Waals surface area contributed by atoms with Crippen molar-refractivity contribution in [2.45, 2.75) is 53.4 Å². The number of rotatable bonds is 4. The minimum Gasteiger partial charge on any atom is -0.324 e. The standard InChI is InChI=1S/C12H15IO.C5H14O6P2/c1-12(2,3)11(14)8-9-4-6-10(13)7-5-9;1-5(2,3)4(12(6,7)8)13(9,10)11/h4-7H,8H2,1-3H3;4H,1-3H3,(H2,6,7,8)(H2,9,10,11). The van der Waals surface area contributed by atoms with Gasteiger partial charge in [0.2, 0.25) is 0 Å². The smallest absolute Gasteiger partial charge is 0.324 e. The van der Waals surface area contributed by atoms with Crippen molar-refractivity contribution >= 4 is 43.6 Å². The number of Topliss-reactive ketones (excluding diaryl/α,β-unsaturated/α-hetero) is 1. The van der Waals surface area contributed by atoms with Crippen LogP contribution in [0.15, 0.2) is 24.3 Å². The van der Waals surface area contributed by atoms with E-state index in [-0.39, 0.29) is 5.41 Å². The Kier molecular flexibility index (Phi) is 9.58. The van der Waals surface area contributed by atoms with Crippen LogP contribution in [0.4, 0.5) is 0 Å². The Bertz CT molecular complexity index is 699. The molecule has 7 nitrogen and oxygen atoms in total. The van der Waals surface area contributed by atoms with Crippen LogP contribution in [0.2, 0.25) is 0 Å². The zero-order valence-corrected chi connectivity index (χ0v) is 20.3. The first-order chi connectivity index (χ1) is 11.8. The Balaban J connectivity index is 0.000000503. The van der Waals surface area contributed by atoms with E-state index in [0.717, 1.165) is 5.56 Å². The third kappa shape index (κ3) is 10.3. The van der Waals surface area contributed by atoms with E-state index >= 15 is 0 Å². The Morgan fingerprint density at radius 1 is 0.926 bits per heavy atom. The van der Waals surface area contributed by atoms with Crippen molar-refractivity contribution in [3.05, 3.63) is 33.4 Å². The summed E-state index contributed by atoms with van der Waals surface area (Å²) in [6.07, 6.45) is 0.542. The van der Waals surface area contributed by atoms with Crippen LogP contribution in [0.5, 0.6) is 0 Å². The fourth-order valence-corrected chi connectivity index (χ4v) is 6.20. The van der Waals surface area contributed by atoms with Gasteiger partial charge in [-0.15, -0.1) is 0 Å². The van der Waals surface area contributed by atoms with Crippen LogP contribution in [0, 0.1) is 14.4 Å². The SMILES string of the molecule is CC(C)(C)C(=O)Cc1ccc(I)cc1.CC(C)(C)C(P(=O)(O)O)P(=O)(O)O. The van der Waals surface area contributed by atoms with Gasteiger partial charge < -0.3 is 19.6 Å². The molecule has 1 aromatic rings. The molecule has 27 heavy (non-hydrogen) atoms. The van der Waals surface area contributed by atoms with E-state index < -0.39 is 26.0 Å². The molecule has 0 saturated heterocycles. The van der Waals surface area contributed by atoms with Crippen molar-refractivity contribution in [3.8, 4) is 0 Å². The van der Waals surface area contributed by atoms with E-state index in [4.69, 9.17) is 19.6 Å². The van der Waals surface area contributed by atoms with E-state index in [9.17, 15) is 13.9 Å². The van der Waals surface area contributed by atoms with Crippen LogP contribution in [-0.4, -0.2) is 30.8 Å². The second-order valence-corrected chi connectivity index (χ2v) is 13.4. The molecule has 0 fully saturated rings. The Morgan fingerprint density at radius 2 is 1.30 bits per heavy atom. The summed E-state index contributed by atoms with van der Waals surface area (Å²) in [5.74, 6) is 0.290. The number of ketones is 1. The number of halogens is 1. The fourth-order valence-electron chi connectivity index (χ4n) is 2.26. The first-order valence-electron chi connectivity index (χ1n) is 8.14. The summed E-state index contributed by atoms with van der Waals surface area (Å²) < 4.78 is 22.9. The van der Waals surface area contributed by atoms with Crippen LogP contribution < -0.4 is 0 Å². The molecule has 0 radical (unpaired) electrons. The molecule has 0 atom stereocenters. The predicted molar refractivity (Wildman–Crippen MR) is 115 cm³/mol.